The first-order valence-electron chi connectivity index (χ1n) is 7.42. The van der Waals surface area contributed by atoms with Crippen LogP contribution in [-0.4, -0.2) is 39.1 Å². The Morgan fingerprint density at radius 2 is 1.89 bits per heavy atom. The number of fused-ring (bicyclic) bond motifs is 2. The van der Waals surface area contributed by atoms with E-state index >= 15 is 0 Å². The molecule has 2 saturated heterocycles. The molecule has 4 heteroatoms. The standard InChI is InChI=1S/C15H23N3O/c1-11-8-12(2)18(16-11)7-3-6-17-13-4-5-14(17)10-15(19)9-13/h8,13-14H,3-7,9-10H2,1-2H3. The van der Waals surface area contributed by atoms with Crippen molar-refractivity contribution in [3.05, 3.63) is 17.5 Å². The Kier molecular flexibility index (Phi) is 3.44. The third-order valence-electron chi connectivity index (χ3n) is 4.59. The van der Waals surface area contributed by atoms with Crippen molar-refractivity contribution in [3.63, 3.8) is 0 Å². The molecule has 3 heterocycles. The second-order valence-electron chi connectivity index (χ2n) is 6.07. The highest BCUT2D eigenvalue weighted by atomic mass is 16.1. The maximum atomic E-state index is 11.6. The van der Waals surface area contributed by atoms with Gasteiger partial charge < -0.3 is 0 Å². The fraction of sp³-hybridized carbons (Fsp3) is 0.733. The van der Waals surface area contributed by atoms with Crippen LogP contribution in [0, 0.1) is 13.8 Å². The molecule has 0 N–H and O–H groups in total. The van der Waals surface area contributed by atoms with Gasteiger partial charge in [0.25, 0.3) is 0 Å². The molecule has 2 atom stereocenters. The van der Waals surface area contributed by atoms with E-state index in [4.69, 9.17) is 0 Å². The molecule has 19 heavy (non-hydrogen) atoms. The minimum absolute atomic E-state index is 0.474. The number of rotatable bonds is 4. The highest BCUT2D eigenvalue weighted by molar-refractivity contribution is 5.80. The molecule has 2 fully saturated rings. The normalized spacial score (nSPS) is 27.2. The van der Waals surface area contributed by atoms with Crippen LogP contribution in [-0.2, 0) is 11.3 Å². The zero-order valence-corrected chi connectivity index (χ0v) is 11.9. The third-order valence-corrected chi connectivity index (χ3v) is 4.59. The van der Waals surface area contributed by atoms with Crippen LogP contribution in [0.15, 0.2) is 6.07 Å². The van der Waals surface area contributed by atoms with Crippen LogP contribution in [0.3, 0.4) is 0 Å². The molecule has 0 saturated carbocycles. The van der Waals surface area contributed by atoms with Crippen LogP contribution in [0.25, 0.3) is 0 Å². The summed E-state index contributed by atoms with van der Waals surface area (Å²) in [6.07, 6.45) is 5.14. The summed E-state index contributed by atoms with van der Waals surface area (Å²) in [5, 5.41) is 4.50. The second-order valence-corrected chi connectivity index (χ2v) is 6.07. The first-order valence-corrected chi connectivity index (χ1v) is 7.42. The maximum Gasteiger partial charge on any atom is 0.136 e. The topological polar surface area (TPSA) is 38.1 Å². The summed E-state index contributed by atoms with van der Waals surface area (Å²) in [6.45, 7) is 6.26. The minimum atomic E-state index is 0.474. The molecule has 1 aromatic heterocycles. The van der Waals surface area contributed by atoms with Gasteiger partial charge in [-0.25, -0.2) is 0 Å². The summed E-state index contributed by atoms with van der Waals surface area (Å²) in [4.78, 5) is 14.1. The maximum absolute atomic E-state index is 11.6. The molecule has 0 aliphatic carbocycles. The van der Waals surface area contributed by atoms with Crippen LogP contribution in [0.5, 0.6) is 0 Å². The average Bonchev–Trinajstić information content (AvgIpc) is 2.78. The lowest BCUT2D eigenvalue weighted by atomic mass is 10.0. The number of carbonyl (C=O) groups is 1. The molecular weight excluding hydrogens is 238 g/mol. The SMILES string of the molecule is Cc1cc(C)n(CCCN2C3CCC2CC(=O)C3)n1. The van der Waals surface area contributed by atoms with E-state index in [1.165, 1.54) is 18.5 Å². The van der Waals surface area contributed by atoms with Crippen molar-refractivity contribution in [2.45, 2.75) is 64.6 Å². The van der Waals surface area contributed by atoms with Gasteiger partial charge in [-0.2, -0.15) is 5.10 Å². The Hall–Kier alpha value is -1.16. The number of nitrogens with zero attached hydrogens (tertiary/aromatic N) is 3. The fourth-order valence-electron chi connectivity index (χ4n) is 3.73. The van der Waals surface area contributed by atoms with Crippen molar-refractivity contribution < 1.29 is 4.79 Å². The Morgan fingerprint density at radius 1 is 1.21 bits per heavy atom. The van der Waals surface area contributed by atoms with Crippen molar-refractivity contribution in [3.8, 4) is 0 Å². The van der Waals surface area contributed by atoms with Gasteiger partial charge in [-0.15, -0.1) is 0 Å². The van der Waals surface area contributed by atoms with E-state index in [1.807, 2.05) is 6.92 Å². The largest absolute Gasteiger partial charge is 0.300 e. The smallest absolute Gasteiger partial charge is 0.136 e. The first kappa shape index (κ1) is 12.9. The zero-order chi connectivity index (χ0) is 13.4. The summed E-state index contributed by atoms with van der Waals surface area (Å²) >= 11 is 0. The number of piperidine rings is 1. The molecule has 2 unspecified atom stereocenters. The molecule has 1 aromatic rings. The van der Waals surface area contributed by atoms with Gasteiger partial charge in [-0.05, 0) is 39.2 Å². The number of hydrogen-bond donors (Lipinski definition) is 0. The first-order chi connectivity index (χ1) is 9.13. The van der Waals surface area contributed by atoms with Crippen molar-refractivity contribution in [1.29, 1.82) is 0 Å². The van der Waals surface area contributed by atoms with E-state index in [2.05, 4.69) is 27.7 Å². The monoisotopic (exact) mass is 261 g/mol. The predicted octanol–water partition coefficient (Wildman–Crippen LogP) is 2.09. The third kappa shape index (κ3) is 2.59. The number of aryl methyl sites for hydroxylation is 3. The van der Waals surface area contributed by atoms with Gasteiger partial charge in [0.2, 0.25) is 0 Å². The molecular formula is C15H23N3O. The molecule has 2 aliphatic heterocycles. The van der Waals surface area contributed by atoms with Crippen molar-refractivity contribution in [1.82, 2.24) is 14.7 Å². The highest BCUT2D eigenvalue weighted by Gasteiger charge is 2.39. The lowest BCUT2D eigenvalue weighted by Gasteiger charge is -2.33. The van der Waals surface area contributed by atoms with E-state index in [0.29, 0.717) is 17.9 Å². The summed E-state index contributed by atoms with van der Waals surface area (Å²) in [7, 11) is 0. The summed E-state index contributed by atoms with van der Waals surface area (Å²) in [6, 6.07) is 3.20. The van der Waals surface area contributed by atoms with Crippen molar-refractivity contribution >= 4 is 5.78 Å². The number of aromatic nitrogens is 2. The van der Waals surface area contributed by atoms with E-state index in [1.54, 1.807) is 0 Å². The van der Waals surface area contributed by atoms with E-state index in [0.717, 1.165) is 38.0 Å². The second kappa shape index (κ2) is 5.08. The lowest BCUT2D eigenvalue weighted by Crippen LogP contribution is -2.43. The van der Waals surface area contributed by atoms with Crippen LogP contribution in [0.4, 0.5) is 0 Å². The van der Waals surface area contributed by atoms with E-state index < -0.39 is 0 Å². The molecule has 0 aromatic carbocycles. The number of carbonyl (C=O) groups excluding carboxylic acids is 1. The molecule has 104 valence electrons. The predicted molar refractivity (Wildman–Crippen MR) is 74.1 cm³/mol. The molecule has 0 radical (unpaired) electrons. The molecule has 2 aliphatic rings. The molecule has 0 amide bonds. The van der Waals surface area contributed by atoms with Gasteiger partial charge in [-0.1, -0.05) is 0 Å². The molecule has 2 bridgehead atoms. The average molecular weight is 261 g/mol. The Bertz CT molecular complexity index is 464. The Labute approximate surface area is 114 Å². The van der Waals surface area contributed by atoms with Gasteiger partial charge in [0.1, 0.15) is 5.78 Å². The number of ketones is 1. The summed E-state index contributed by atoms with van der Waals surface area (Å²) in [5.74, 6) is 0.474. The van der Waals surface area contributed by atoms with Gasteiger partial charge in [0, 0.05) is 43.7 Å². The lowest BCUT2D eigenvalue weighted by molar-refractivity contribution is -0.123. The molecule has 4 nitrogen and oxygen atoms in total. The molecule has 3 rings (SSSR count). The van der Waals surface area contributed by atoms with Gasteiger partial charge in [0.15, 0.2) is 0 Å². The highest BCUT2D eigenvalue weighted by Crippen LogP contribution is 2.33. The van der Waals surface area contributed by atoms with Gasteiger partial charge in [-0.3, -0.25) is 14.4 Å². The van der Waals surface area contributed by atoms with E-state index in [-0.39, 0.29) is 0 Å². The Balaban J connectivity index is 1.53. The van der Waals surface area contributed by atoms with Crippen molar-refractivity contribution in [2.75, 3.05) is 6.54 Å². The molecule has 0 spiro atoms. The summed E-state index contributed by atoms with van der Waals surface area (Å²) in [5.41, 5.74) is 2.34. The van der Waals surface area contributed by atoms with Gasteiger partial charge >= 0.3 is 0 Å². The van der Waals surface area contributed by atoms with Crippen LogP contribution >= 0.6 is 0 Å². The zero-order valence-electron chi connectivity index (χ0n) is 11.9. The summed E-state index contributed by atoms with van der Waals surface area (Å²) < 4.78 is 2.10. The Morgan fingerprint density at radius 3 is 2.47 bits per heavy atom. The van der Waals surface area contributed by atoms with Crippen LogP contribution in [0.2, 0.25) is 0 Å². The van der Waals surface area contributed by atoms with Crippen LogP contribution in [0.1, 0.15) is 43.5 Å². The van der Waals surface area contributed by atoms with E-state index in [9.17, 15) is 4.79 Å². The van der Waals surface area contributed by atoms with Crippen molar-refractivity contribution in [2.24, 2.45) is 0 Å². The fourth-order valence-corrected chi connectivity index (χ4v) is 3.73. The van der Waals surface area contributed by atoms with Gasteiger partial charge in [0.05, 0.1) is 5.69 Å². The number of Topliss-reactive ketones (excluding diaryl/α,β-unsaturated/α-hetero) is 1. The van der Waals surface area contributed by atoms with Crippen LogP contribution < -0.4 is 0 Å². The number of hydrogen-bond acceptors (Lipinski definition) is 3. The minimum Gasteiger partial charge on any atom is -0.300 e. The quantitative estimate of drug-likeness (QED) is 0.833.